The minimum atomic E-state index is 0.109. The molecule has 0 saturated heterocycles. The van der Waals surface area contributed by atoms with Gasteiger partial charge in [-0.05, 0) is 54.1 Å². The van der Waals surface area contributed by atoms with Crippen molar-refractivity contribution in [3.05, 3.63) is 41.7 Å². The summed E-state index contributed by atoms with van der Waals surface area (Å²) in [6.45, 7) is 3.91. The van der Waals surface area contributed by atoms with Crippen molar-refractivity contribution in [2.45, 2.75) is 13.8 Å². The first-order valence-corrected chi connectivity index (χ1v) is 6.36. The summed E-state index contributed by atoms with van der Waals surface area (Å²) in [6, 6.07) is 3.77. The third-order valence-corrected chi connectivity index (χ3v) is 4.64. The molecule has 1 aromatic carbocycles. The average molecular weight is 378 g/mol. The Morgan fingerprint density at radius 1 is 1.33 bits per heavy atom. The Kier molecular flexibility index (Phi) is 2.89. The van der Waals surface area contributed by atoms with Gasteiger partial charge in [0.15, 0.2) is 0 Å². The van der Waals surface area contributed by atoms with Gasteiger partial charge in [0.2, 0.25) is 5.43 Å². The zero-order valence-corrected chi connectivity index (χ0v) is 12.1. The third-order valence-electron chi connectivity index (χ3n) is 2.48. The summed E-state index contributed by atoms with van der Waals surface area (Å²) < 4.78 is 1.79. The first-order chi connectivity index (χ1) is 7.02. The van der Waals surface area contributed by atoms with Crippen LogP contribution in [-0.4, -0.2) is 4.98 Å². The van der Waals surface area contributed by atoms with E-state index < -0.39 is 0 Å². The lowest BCUT2D eigenvalue weighted by Gasteiger charge is -2.07. The fourth-order valence-electron chi connectivity index (χ4n) is 1.57. The summed E-state index contributed by atoms with van der Waals surface area (Å²) >= 11 is 5.54. The van der Waals surface area contributed by atoms with Gasteiger partial charge in [0.25, 0.3) is 0 Å². The van der Waals surface area contributed by atoms with E-state index in [4.69, 9.17) is 0 Å². The van der Waals surface area contributed by atoms with E-state index in [0.29, 0.717) is 0 Å². The van der Waals surface area contributed by atoms with E-state index in [1.165, 1.54) is 0 Å². The number of rotatable bonds is 0. The van der Waals surface area contributed by atoms with Gasteiger partial charge < -0.3 is 4.98 Å². The second-order valence-corrected chi connectivity index (χ2v) is 5.42. The highest BCUT2D eigenvalue weighted by molar-refractivity contribution is 14.1. The number of hydrogen-bond acceptors (Lipinski definition) is 1. The van der Waals surface area contributed by atoms with Gasteiger partial charge in [-0.1, -0.05) is 15.9 Å². The van der Waals surface area contributed by atoms with Gasteiger partial charge in [0, 0.05) is 15.6 Å². The van der Waals surface area contributed by atoms with E-state index in [1.807, 2.05) is 26.0 Å². The second-order valence-electron chi connectivity index (χ2n) is 3.49. The number of nitrogens with one attached hydrogen (secondary N) is 1. The zero-order valence-electron chi connectivity index (χ0n) is 8.32. The molecular formula is C11H9BrINO. The molecule has 0 atom stereocenters. The van der Waals surface area contributed by atoms with Crippen molar-refractivity contribution >= 4 is 49.4 Å². The summed E-state index contributed by atoms with van der Waals surface area (Å²) in [7, 11) is 0. The minimum Gasteiger partial charge on any atom is -0.357 e. The number of pyridine rings is 1. The van der Waals surface area contributed by atoms with Gasteiger partial charge in [-0.25, -0.2) is 0 Å². The molecule has 2 nitrogen and oxygen atoms in total. The molecule has 0 aliphatic carbocycles. The van der Waals surface area contributed by atoms with E-state index in [-0.39, 0.29) is 5.43 Å². The lowest BCUT2D eigenvalue weighted by Crippen LogP contribution is -2.10. The fourth-order valence-corrected chi connectivity index (χ4v) is 2.32. The van der Waals surface area contributed by atoms with Gasteiger partial charge >= 0.3 is 0 Å². The van der Waals surface area contributed by atoms with Gasteiger partial charge in [0.05, 0.1) is 9.09 Å². The van der Waals surface area contributed by atoms with Crippen molar-refractivity contribution in [2.75, 3.05) is 0 Å². The molecule has 0 bridgehead atoms. The maximum atomic E-state index is 12.0. The molecule has 0 radical (unpaired) electrons. The van der Waals surface area contributed by atoms with Crippen LogP contribution in [0.4, 0.5) is 0 Å². The molecule has 1 heterocycles. The molecule has 4 heteroatoms. The highest BCUT2D eigenvalue weighted by atomic mass is 127. The van der Waals surface area contributed by atoms with Crippen molar-refractivity contribution < 1.29 is 0 Å². The number of fused-ring (bicyclic) bond motifs is 1. The Morgan fingerprint density at radius 3 is 2.67 bits per heavy atom. The van der Waals surface area contributed by atoms with E-state index in [0.717, 1.165) is 30.2 Å². The SMILES string of the molecule is Cc1[nH]c2c(C)c(Br)ccc2c(=O)c1I. The molecule has 0 spiro atoms. The van der Waals surface area contributed by atoms with Gasteiger partial charge in [0.1, 0.15) is 0 Å². The van der Waals surface area contributed by atoms with Crippen LogP contribution < -0.4 is 5.43 Å². The third kappa shape index (κ3) is 1.73. The number of halogens is 2. The second kappa shape index (κ2) is 3.90. The molecular weight excluding hydrogens is 369 g/mol. The normalized spacial score (nSPS) is 10.9. The maximum absolute atomic E-state index is 12.0. The number of aromatic nitrogens is 1. The fraction of sp³-hybridized carbons (Fsp3) is 0.182. The Bertz CT molecular complexity index is 604. The van der Waals surface area contributed by atoms with Crippen LogP contribution in [0.25, 0.3) is 10.9 Å². The standard InChI is InChI=1S/C11H9BrINO/c1-5-8(12)4-3-7-10(5)14-6(2)9(13)11(7)15/h3-4H,1-2H3,(H,14,15). The first kappa shape index (κ1) is 11.1. The smallest absolute Gasteiger partial charge is 0.202 e. The Morgan fingerprint density at radius 2 is 2.00 bits per heavy atom. The highest BCUT2D eigenvalue weighted by Gasteiger charge is 2.09. The molecule has 0 unspecified atom stereocenters. The number of H-pyrrole nitrogens is 1. The van der Waals surface area contributed by atoms with Crippen molar-refractivity contribution in [3.8, 4) is 0 Å². The molecule has 2 rings (SSSR count). The predicted molar refractivity (Wildman–Crippen MR) is 74.5 cm³/mol. The van der Waals surface area contributed by atoms with Gasteiger partial charge in [-0.15, -0.1) is 0 Å². The van der Waals surface area contributed by atoms with E-state index >= 15 is 0 Å². The zero-order chi connectivity index (χ0) is 11.2. The predicted octanol–water partition coefficient (Wildman–Crippen LogP) is 3.51. The molecule has 1 aromatic heterocycles. The monoisotopic (exact) mass is 377 g/mol. The van der Waals surface area contributed by atoms with Gasteiger partial charge in [-0.3, -0.25) is 4.79 Å². The van der Waals surface area contributed by atoms with Crippen LogP contribution in [0.1, 0.15) is 11.3 Å². The molecule has 2 aromatic rings. The van der Waals surface area contributed by atoms with Crippen LogP contribution in [0, 0.1) is 17.4 Å². The molecule has 1 N–H and O–H groups in total. The van der Waals surface area contributed by atoms with E-state index in [9.17, 15) is 4.79 Å². The summed E-state index contributed by atoms with van der Waals surface area (Å²) in [6.07, 6.45) is 0. The Labute approximate surface area is 109 Å². The molecule has 15 heavy (non-hydrogen) atoms. The first-order valence-electron chi connectivity index (χ1n) is 4.49. The molecule has 0 fully saturated rings. The molecule has 0 saturated carbocycles. The highest BCUT2D eigenvalue weighted by Crippen LogP contribution is 2.23. The summed E-state index contributed by atoms with van der Waals surface area (Å²) in [5.74, 6) is 0. The van der Waals surface area contributed by atoms with Crippen molar-refractivity contribution in [3.63, 3.8) is 0 Å². The van der Waals surface area contributed by atoms with Crippen LogP contribution in [0.15, 0.2) is 21.4 Å². The molecule has 0 aliphatic heterocycles. The van der Waals surface area contributed by atoms with Crippen LogP contribution >= 0.6 is 38.5 Å². The lowest BCUT2D eigenvalue weighted by molar-refractivity contribution is 1.20. The van der Waals surface area contributed by atoms with Crippen LogP contribution in [-0.2, 0) is 0 Å². The number of aryl methyl sites for hydroxylation is 2. The van der Waals surface area contributed by atoms with Crippen molar-refractivity contribution in [1.82, 2.24) is 4.98 Å². The number of hydrogen-bond donors (Lipinski definition) is 1. The van der Waals surface area contributed by atoms with Crippen LogP contribution in [0.3, 0.4) is 0 Å². The number of benzene rings is 1. The topological polar surface area (TPSA) is 32.9 Å². The van der Waals surface area contributed by atoms with Crippen LogP contribution in [0.2, 0.25) is 0 Å². The largest absolute Gasteiger partial charge is 0.357 e. The molecule has 0 amide bonds. The van der Waals surface area contributed by atoms with Crippen LogP contribution in [0.5, 0.6) is 0 Å². The summed E-state index contributed by atoms with van der Waals surface area (Å²) in [4.78, 5) is 15.2. The molecule has 0 aliphatic rings. The van der Waals surface area contributed by atoms with Gasteiger partial charge in [-0.2, -0.15) is 0 Å². The summed E-state index contributed by atoms with van der Waals surface area (Å²) in [5.41, 5.74) is 3.03. The van der Waals surface area contributed by atoms with Crippen molar-refractivity contribution in [1.29, 1.82) is 0 Å². The minimum absolute atomic E-state index is 0.109. The quantitative estimate of drug-likeness (QED) is 0.700. The maximum Gasteiger partial charge on any atom is 0.202 e. The van der Waals surface area contributed by atoms with E-state index in [2.05, 4.69) is 43.5 Å². The Hall–Kier alpha value is -0.360. The number of aromatic amines is 1. The lowest BCUT2D eigenvalue weighted by atomic mass is 10.1. The summed E-state index contributed by atoms with van der Waals surface area (Å²) in [5, 5.41) is 0.755. The van der Waals surface area contributed by atoms with E-state index in [1.54, 1.807) is 0 Å². The Balaban J connectivity index is 3.06. The molecule has 78 valence electrons. The average Bonchev–Trinajstić information content (AvgIpc) is 2.21. The van der Waals surface area contributed by atoms with Crippen molar-refractivity contribution in [2.24, 2.45) is 0 Å².